The Kier molecular flexibility index (Phi) is 6.47. The van der Waals surface area contributed by atoms with Crippen molar-refractivity contribution in [2.45, 2.75) is 30.0 Å². The van der Waals surface area contributed by atoms with Gasteiger partial charge in [-0.1, -0.05) is 6.92 Å². The van der Waals surface area contributed by atoms with E-state index in [1.807, 2.05) is 0 Å². The Morgan fingerprint density at radius 2 is 2.19 bits per heavy atom. The highest BCUT2D eigenvalue weighted by Gasteiger charge is 2.17. The molecule has 94 valence electrons. The number of rotatable bonds is 5. The lowest BCUT2D eigenvalue weighted by Crippen LogP contribution is -2.05. The number of halogens is 1. The summed E-state index contributed by atoms with van der Waals surface area (Å²) >= 11 is 1.26. The fraction of sp³-hybridized carbons (Fsp3) is 0.667. The minimum Gasteiger partial charge on any atom is -0.330 e. The van der Waals surface area contributed by atoms with Crippen molar-refractivity contribution < 1.29 is 8.42 Å². The third-order valence-corrected chi connectivity index (χ3v) is 5.08. The van der Waals surface area contributed by atoms with E-state index in [1.54, 1.807) is 6.20 Å². The van der Waals surface area contributed by atoms with Crippen LogP contribution >= 0.6 is 23.7 Å². The molecule has 4 nitrogen and oxygen atoms in total. The Balaban J connectivity index is 0.00000225. The molecule has 1 aromatic rings. The summed E-state index contributed by atoms with van der Waals surface area (Å²) in [6.07, 6.45) is 4.68. The first-order valence-electron chi connectivity index (χ1n) is 4.84. The predicted molar refractivity (Wildman–Crippen MR) is 69.2 cm³/mol. The van der Waals surface area contributed by atoms with Crippen LogP contribution in [0.1, 0.15) is 30.6 Å². The standard InChI is InChI=1S/C9H16N2O2S2.ClH/c1-3-7(4-5-10)8-6-11-9(14-8)15(2,12)13;/h6-7H,3-5,10H2,1-2H3;1H. The SMILES string of the molecule is CCC(CCN)c1cnc(S(C)(=O)=O)s1.Cl. The van der Waals surface area contributed by atoms with E-state index >= 15 is 0 Å². The molecule has 0 fully saturated rings. The zero-order valence-electron chi connectivity index (χ0n) is 9.34. The molecule has 0 aliphatic rings. The molecule has 1 unspecified atom stereocenters. The van der Waals surface area contributed by atoms with E-state index in [0.717, 1.165) is 17.7 Å². The Morgan fingerprint density at radius 1 is 1.56 bits per heavy atom. The van der Waals surface area contributed by atoms with Crippen LogP contribution in [0.4, 0.5) is 0 Å². The number of hydrogen-bond acceptors (Lipinski definition) is 5. The maximum Gasteiger partial charge on any atom is 0.209 e. The lowest BCUT2D eigenvalue weighted by atomic mass is 10.0. The van der Waals surface area contributed by atoms with Crippen LogP contribution in [-0.2, 0) is 9.84 Å². The quantitative estimate of drug-likeness (QED) is 0.895. The molecule has 0 aliphatic carbocycles. The van der Waals surface area contributed by atoms with E-state index in [-0.39, 0.29) is 16.7 Å². The van der Waals surface area contributed by atoms with Crippen LogP contribution in [0.2, 0.25) is 0 Å². The molecule has 1 rings (SSSR count). The van der Waals surface area contributed by atoms with Crippen LogP contribution in [0, 0.1) is 0 Å². The zero-order chi connectivity index (χ0) is 11.5. The molecule has 0 spiro atoms. The fourth-order valence-corrected chi connectivity index (χ4v) is 3.38. The average molecular weight is 285 g/mol. The molecule has 2 N–H and O–H groups in total. The van der Waals surface area contributed by atoms with Gasteiger partial charge >= 0.3 is 0 Å². The van der Waals surface area contributed by atoms with Gasteiger partial charge in [-0.05, 0) is 25.3 Å². The van der Waals surface area contributed by atoms with E-state index in [0.29, 0.717) is 12.5 Å². The predicted octanol–water partition coefficient (Wildman–Crippen LogP) is 1.81. The number of nitrogens with zero attached hydrogens (tertiary/aromatic N) is 1. The normalized spacial score (nSPS) is 13.2. The lowest BCUT2D eigenvalue weighted by molar-refractivity contribution is 0.601. The van der Waals surface area contributed by atoms with Crippen molar-refractivity contribution in [2.24, 2.45) is 5.73 Å². The first-order valence-corrected chi connectivity index (χ1v) is 7.55. The van der Waals surface area contributed by atoms with Crippen molar-refractivity contribution in [3.63, 3.8) is 0 Å². The first-order chi connectivity index (χ1) is 6.99. The topological polar surface area (TPSA) is 73.0 Å². The molecule has 1 aromatic heterocycles. The molecule has 0 aromatic carbocycles. The summed E-state index contributed by atoms with van der Waals surface area (Å²) in [7, 11) is -3.16. The molecule has 0 radical (unpaired) electrons. The van der Waals surface area contributed by atoms with Crippen molar-refractivity contribution in [1.82, 2.24) is 4.98 Å². The molecule has 0 saturated heterocycles. The molecule has 0 bridgehead atoms. The van der Waals surface area contributed by atoms with E-state index in [4.69, 9.17) is 5.73 Å². The van der Waals surface area contributed by atoms with E-state index in [1.165, 1.54) is 17.6 Å². The van der Waals surface area contributed by atoms with Gasteiger partial charge in [-0.2, -0.15) is 0 Å². The van der Waals surface area contributed by atoms with Gasteiger partial charge in [0.25, 0.3) is 0 Å². The van der Waals surface area contributed by atoms with Gasteiger partial charge in [0, 0.05) is 17.3 Å². The monoisotopic (exact) mass is 284 g/mol. The minimum atomic E-state index is -3.16. The third-order valence-electron chi connectivity index (χ3n) is 2.23. The summed E-state index contributed by atoms with van der Waals surface area (Å²) < 4.78 is 22.7. The minimum absolute atomic E-state index is 0. The highest BCUT2D eigenvalue weighted by Crippen LogP contribution is 2.29. The first kappa shape index (κ1) is 15.8. The summed E-state index contributed by atoms with van der Waals surface area (Å²) in [5.74, 6) is 0.336. The van der Waals surface area contributed by atoms with E-state index < -0.39 is 9.84 Å². The number of nitrogens with two attached hydrogens (primary N) is 1. The van der Waals surface area contributed by atoms with Crippen LogP contribution in [0.3, 0.4) is 0 Å². The van der Waals surface area contributed by atoms with Gasteiger partial charge in [0.1, 0.15) is 0 Å². The van der Waals surface area contributed by atoms with Gasteiger partial charge in [0.2, 0.25) is 14.2 Å². The highest BCUT2D eigenvalue weighted by atomic mass is 35.5. The number of sulfone groups is 1. The fourth-order valence-electron chi connectivity index (χ4n) is 1.38. The second kappa shape index (κ2) is 6.54. The molecule has 1 atom stereocenters. The molecule has 1 heterocycles. The lowest BCUT2D eigenvalue weighted by Gasteiger charge is -2.09. The molecule has 7 heteroatoms. The molecule has 0 amide bonds. The van der Waals surface area contributed by atoms with Crippen LogP contribution in [0.25, 0.3) is 0 Å². The van der Waals surface area contributed by atoms with Crippen molar-refractivity contribution in [2.75, 3.05) is 12.8 Å². The van der Waals surface area contributed by atoms with E-state index in [2.05, 4.69) is 11.9 Å². The van der Waals surface area contributed by atoms with Gasteiger partial charge in [0.15, 0.2) is 0 Å². The van der Waals surface area contributed by atoms with Crippen molar-refractivity contribution in [3.8, 4) is 0 Å². The summed E-state index contributed by atoms with van der Waals surface area (Å²) in [6.45, 7) is 2.69. The van der Waals surface area contributed by atoms with Crippen molar-refractivity contribution in [3.05, 3.63) is 11.1 Å². The molecule has 16 heavy (non-hydrogen) atoms. The van der Waals surface area contributed by atoms with Crippen LogP contribution in [0.5, 0.6) is 0 Å². The molecular weight excluding hydrogens is 268 g/mol. The Bertz CT molecular complexity index is 417. The van der Waals surface area contributed by atoms with Gasteiger partial charge in [-0.25, -0.2) is 13.4 Å². The summed E-state index contributed by atoms with van der Waals surface area (Å²) in [5, 5.41) is 0. The van der Waals surface area contributed by atoms with Gasteiger partial charge in [-0.15, -0.1) is 23.7 Å². The third kappa shape index (κ3) is 4.01. The summed E-state index contributed by atoms with van der Waals surface area (Å²) in [5.41, 5.74) is 5.50. The Labute approximate surface area is 107 Å². The average Bonchev–Trinajstić information content (AvgIpc) is 2.62. The van der Waals surface area contributed by atoms with Gasteiger partial charge in [0.05, 0.1) is 0 Å². The number of thiazole rings is 1. The summed E-state index contributed by atoms with van der Waals surface area (Å²) in [6, 6.07) is 0. The number of hydrogen-bond donors (Lipinski definition) is 1. The van der Waals surface area contributed by atoms with Crippen molar-refractivity contribution in [1.29, 1.82) is 0 Å². The maximum atomic E-state index is 11.2. The largest absolute Gasteiger partial charge is 0.330 e. The van der Waals surface area contributed by atoms with Crippen molar-refractivity contribution >= 4 is 33.6 Å². The van der Waals surface area contributed by atoms with E-state index in [9.17, 15) is 8.42 Å². The Hall–Kier alpha value is -0.170. The van der Waals surface area contributed by atoms with Gasteiger partial charge < -0.3 is 5.73 Å². The highest BCUT2D eigenvalue weighted by molar-refractivity contribution is 7.92. The zero-order valence-corrected chi connectivity index (χ0v) is 11.8. The second-order valence-corrected chi connectivity index (χ2v) is 6.73. The maximum absolute atomic E-state index is 11.2. The number of aromatic nitrogens is 1. The van der Waals surface area contributed by atoms with Gasteiger partial charge in [-0.3, -0.25) is 0 Å². The van der Waals surface area contributed by atoms with Crippen LogP contribution in [0.15, 0.2) is 10.5 Å². The summed E-state index contributed by atoms with van der Waals surface area (Å²) in [4.78, 5) is 4.95. The smallest absolute Gasteiger partial charge is 0.209 e. The second-order valence-electron chi connectivity index (χ2n) is 3.48. The van der Waals surface area contributed by atoms with Crippen LogP contribution in [-0.4, -0.2) is 26.2 Å². The van der Waals surface area contributed by atoms with Crippen LogP contribution < -0.4 is 5.73 Å². The molecule has 0 aliphatic heterocycles. The molecule has 0 saturated carbocycles. The molecular formula is C9H17ClN2O2S2. The Morgan fingerprint density at radius 3 is 2.56 bits per heavy atom.